The molecule has 0 radical (unpaired) electrons. The molecule has 2 heterocycles. The molecule has 1 N–H and O–H groups in total. The number of benzene rings is 1. The molecule has 0 bridgehead atoms. The van der Waals surface area contributed by atoms with Gasteiger partial charge in [-0.2, -0.15) is 0 Å². The van der Waals surface area contributed by atoms with Crippen LogP contribution in [-0.2, 0) is 19.5 Å². The summed E-state index contributed by atoms with van der Waals surface area (Å²) in [5.74, 6) is 1.04. The number of rotatable bonds is 4. The van der Waals surface area contributed by atoms with E-state index < -0.39 is 0 Å². The zero-order valence-electron chi connectivity index (χ0n) is 10.6. The molecule has 18 heavy (non-hydrogen) atoms. The Morgan fingerprint density at radius 2 is 2.17 bits per heavy atom. The Morgan fingerprint density at radius 3 is 3.06 bits per heavy atom. The highest BCUT2D eigenvalue weighted by molar-refractivity contribution is 5.58. The van der Waals surface area contributed by atoms with Crippen LogP contribution in [0.5, 0.6) is 0 Å². The molecule has 0 fully saturated rings. The quantitative estimate of drug-likeness (QED) is 0.893. The maximum Gasteiger partial charge on any atom is 0.122 e. The molecule has 2 aromatic rings. The van der Waals surface area contributed by atoms with E-state index in [4.69, 9.17) is 4.42 Å². The van der Waals surface area contributed by atoms with E-state index >= 15 is 0 Å². The summed E-state index contributed by atoms with van der Waals surface area (Å²) < 4.78 is 5.51. The van der Waals surface area contributed by atoms with Crippen molar-refractivity contribution in [2.24, 2.45) is 0 Å². The van der Waals surface area contributed by atoms with Gasteiger partial charge in [-0.1, -0.05) is 18.2 Å². The van der Waals surface area contributed by atoms with E-state index in [9.17, 15) is 0 Å². The SMILES string of the molecule is CNCc1occc1CN1CCc2ccccc21. The molecule has 1 aliphatic rings. The summed E-state index contributed by atoms with van der Waals surface area (Å²) in [7, 11) is 1.94. The van der Waals surface area contributed by atoms with E-state index in [1.807, 2.05) is 7.05 Å². The fraction of sp³-hybridized carbons (Fsp3) is 0.333. The van der Waals surface area contributed by atoms with Crippen molar-refractivity contribution in [2.75, 3.05) is 18.5 Å². The summed E-state index contributed by atoms with van der Waals surface area (Å²) in [6.45, 7) is 2.83. The molecule has 1 aromatic carbocycles. The fourth-order valence-electron chi connectivity index (χ4n) is 2.60. The smallest absolute Gasteiger partial charge is 0.122 e. The molecule has 0 amide bonds. The summed E-state index contributed by atoms with van der Waals surface area (Å²) in [6, 6.07) is 10.7. The molecular formula is C15H18N2O. The van der Waals surface area contributed by atoms with E-state index in [2.05, 4.69) is 40.5 Å². The first kappa shape index (κ1) is 11.4. The second-order valence-electron chi connectivity index (χ2n) is 4.70. The first-order valence-electron chi connectivity index (χ1n) is 6.41. The van der Waals surface area contributed by atoms with Gasteiger partial charge >= 0.3 is 0 Å². The van der Waals surface area contributed by atoms with Gasteiger partial charge in [0.2, 0.25) is 0 Å². The molecule has 1 aliphatic heterocycles. The van der Waals surface area contributed by atoms with E-state index in [-0.39, 0.29) is 0 Å². The Kier molecular flexibility index (Phi) is 3.07. The third-order valence-corrected chi connectivity index (χ3v) is 3.52. The van der Waals surface area contributed by atoms with Gasteiger partial charge in [-0.05, 0) is 31.2 Å². The summed E-state index contributed by atoms with van der Waals surface area (Å²) >= 11 is 0. The van der Waals surface area contributed by atoms with Gasteiger partial charge in [-0.3, -0.25) is 0 Å². The predicted octanol–water partition coefficient (Wildman–Crippen LogP) is 2.56. The predicted molar refractivity (Wildman–Crippen MR) is 72.7 cm³/mol. The minimum Gasteiger partial charge on any atom is -0.468 e. The molecule has 3 nitrogen and oxygen atoms in total. The number of para-hydroxylation sites is 1. The van der Waals surface area contributed by atoms with Gasteiger partial charge in [0.15, 0.2) is 0 Å². The minimum atomic E-state index is 0.790. The summed E-state index contributed by atoms with van der Waals surface area (Å²) in [5, 5.41) is 3.14. The molecular weight excluding hydrogens is 224 g/mol. The lowest BCUT2D eigenvalue weighted by atomic mass is 10.2. The molecule has 3 heteroatoms. The molecule has 0 saturated carbocycles. The van der Waals surface area contributed by atoms with Gasteiger partial charge in [0.1, 0.15) is 5.76 Å². The van der Waals surface area contributed by atoms with Crippen molar-refractivity contribution in [3.05, 3.63) is 53.5 Å². The average molecular weight is 242 g/mol. The first-order valence-corrected chi connectivity index (χ1v) is 6.41. The zero-order chi connectivity index (χ0) is 12.4. The zero-order valence-corrected chi connectivity index (χ0v) is 10.6. The van der Waals surface area contributed by atoms with Gasteiger partial charge in [0.25, 0.3) is 0 Å². The number of furan rings is 1. The number of hydrogen-bond donors (Lipinski definition) is 1. The van der Waals surface area contributed by atoms with Crippen molar-refractivity contribution in [3.63, 3.8) is 0 Å². The number of nitrogens with one attached hydrogen (secondary N) is 1. The van der Waals surface area contributed by atoms with Crippen molar-refractivity contribution in [1.82, 2.24) is 5.32 Å². The monoisotopic (exact) mass is 242 g/mol. The van der Waals surface area contributed by atoms with Gasteiger partial charge in [0, 0.05) is 24.3 Å². The van der Waals surface area contributed by atoms with Gasteiger partial charge < -0.3 is 14.6 Å². The number of hydrogen-bond acceptors (Lipinski definition) is 3. The van der Waals surface area contributed by atoms with E-state index in [1.54, 1.807) is 6.26 Å². The van der Waals surface area contributed by atoms with Crippen LogP contribution in [0.15, 0.2) is 41.0 Å². The second-order valence-corrected chi connectivity index (χ2v) is 4.70. The lowest BCUT2D eigenvalue weighted by Crippen LogP contribution is -2.20. The van der Waals surface area contributed by atoms with Gasteiger partial charge in [-0.25, -0.2) is 0 Å². The highest BCUT2D eigenvalue weighted by Crippen LogP contribution is 2.29. The lowest BCUT2D eigenvalue weighted by Gasteiger charge is -2.19. The normalized spacial score (nSPS) is 13.9. The maximum absolute atomic E-state index is 5.51. The van der Waals surface area contributed by atoms with Gasteiger partial charge in [-0.15, -0.1) is 0 Å². The van der Waals surface area contributed by atoms with Crippen LogP contribution in [0.2, 0.25) is 0 Å². The van der Waals surface area contributed by atoms with Crippen molar-refractivity contribution in [1.29, 1.82) is 0 Å². The summed E-state index contributed by atoms with van der Waals surface area (Å²) in [4.78, 5) is 2.43. The minimum absolute atomic E-state index is 0.790. The van der Waals surface area contributed by atoms with E-state index in [1.165, 1.54) is 16.8 Å². The largest absolute Gasteiger partial charge is 0.468 e. The first-order chi connectivity index (χ1) is 8.88. The van der Waals surface area contributed by atoms with Crippen LogP contribution in [0.4, 0.5) is 5.69 Å². The molecule has 1 aromatic heterocycles. The topological polar surface area (TPSA) is 28.4 Å². The Morgan fingerprint density at radius 1 is 1.28 bits per heavy atom. The highest BCUT2D eigenvalue weighted by Gasteiger charge is 2.19. The Labute approximate surface area is 107 Å². The van der Waals surface area contributed by atoms with Crippen LogP contribution in [0.3, 0.4) is 0 Å². The van der Waals surface area contributed by atoms with Crippen molar-refractivity contribution in [3.8, 4) is 0 Å². The molecule has 0 atom stereocenters. The van der Waals surface area contributed by atoms with Crippen LogP contribution < -0.4 is 10.2 Å². The van der Waals surface area contributed by atoms with Crippen LogP contribution in [0, 0.1) is 0 Å². The number of fused-ring (bicyclic) bond motifs is 1. The average Bonchev–Trinajstić information content (AvgIpc) is 2.99. The Balaban J connectivity index is 1.80. The molecule has 0 spiro atoms. The fourth-order valence-corrected chi connectivity index (χ4v) is 2.60. The van der Waals surface area contributed by atoms with Crippen molar-refractivity contribution >= 4 is 5.69 Å². The van der Waals surface area contributed by atoms with E-state index in [0.717, 1.165) is 31.8 Å². The van der Waals surface area contributed by atoms with Crippen LogP contribution in [-0.4, -0.2) is 13.6 Å². The standard InChI is InChI=1S/C15H18N2O/c1-16-10-15-13(7-9-18-15)11-17-8-6-12-4-2-3-5-14(12)17/h2-5,7,9,16H,6,8,10-11H2,1H3. The highest BCUT2D eigenvalue weighted by atomic mass is 16.3. The van der Waals surface area contributed by atoms with Gasteiger partial charge in [0.05, 0.1) is 12.8 Å². The molecule has 3 rings (SSSR count). The Hall–Kier alpha value is -1.74. The van der Waals surface area contributed by atoms with Crippen LogP contribution in [0.1, 0.15) is 16.9 Å². The van der Waals surface area contributed by atoms with E-state index in [0.29, 0.717) is 0 Å². The number of nitrogens with zero attached hydrogens (tertiary/aromatic N) is 1. The van der Waals surface area contributed by atoms with Crippen LogP contribution >= 0.6 is 0 Å². The summed E-state index contributed by atoms with van der Waals surface area (Å²) in [6.07, 6.45) is 2.93. The third-order valence-electron chi connectivity index (χ3n) is 3.52. The van der Waals surface area contributed by atoms with Crippen LogP contribution in [0.25, 0.3) is 0 Å². The third kappa shape index (κ3) is 2.02. The summed E-state index contributed by atoms with van der Waals surface area (Å²) in [5.41, 5.74) is 4.10. The second kappa shape index (κ2) is 4.86. The molecule has 0 unspecified atom stereocenters. The molecule has 0 saturated heterocycles. The van der Waals surface area contributed by atoms with Crippen molar-refractivity contribution in [2.45, 2.75) is 19.5 Å². The Bertz CT molecular complexity index is 533. The van der Waals surface area contributed by atoms with Crippen molar-refractivity contribution < 1.29 is 4.42 Å². The molecule has 0 aliphatic carbocycles. The number of anilines is 1. The maximum atomic E-state index is 5.51. The lowest BCUT2D eigenvalue weighted by molar-refractivity contribution is 0.490. The molecule has 94 valence electrons.